The molecule has 0 saturated carbocycles. The van der Waals surface area contributed by atoms with Gasteiger partial charge in [-0.2, -0.15) is 0 Å². The molecular weight excluding hydrogens is 334 g/mol. The predicted octanol–water partition coefficient (Wildman–Crippen LogP) is 1.91. The van der Waals surface area contributed by atoms with Crippen molar-refractivity contribution in [3.8, 4) is 0 Å². The molecule has 0 atom stereocenters. The van der Waals surface area contributed by atoms with Gasteiger partial charge in [0, 0.05) is 31.4 Å². The molecule has 144 valence electrons. The number of hydroxylamine groups is 1. The zero-order valence-electron chi connectivity index (χ0n) is 16.0. The predicted molar refractivity (Wildman–Crippen MR) is 99.7 cm³/mol. The Morgan fingerprint density at radius 2 is 2.00 bits per heavy atom. The summed E-state index contributed by atoms with van der Waals surface area (Å²) in [4.78, 5) is 37.1. The summed E-state index contributed by atoms with van der Waals surface area (Å²) in [6.07, 6.45) is 3.02. The molecule has 1 aliphatic rings. The summed E-state index contributed by atoms with van der Waals surface area (Å²) < 4.78 is 0. The fourth-order valence-electron chi connectivity index (χ4n) is 3.03. The van der Waals surface area contributed by atoms with Crippen molar-refractivity contribution in [1.29, 1.82) is 0 Å². The van der Waals surface area contributed by atoms with Gasteiger partial charge >= 0.3 is 6.03 Å². The van der Waals surface area contributed by atoms with Gasteiger partial charge in [-0.25, -0.2) is 15.3 Å². The molecule has 2 heterocycles. The molecule has 3 N–H and O–H groups in total. The van der Waals surface area contributed by atoms with E-state index in [4.69, 9.17) is 10.6 Å². The van der Waals surface area contributed by atoms with Gasteiger partial charge in [0.25, 0.3) is 0 Å². The van der Waals surface area contributed by atoms with Gasteiger partial charge in [-0.3, -0.25) is 9.63 Å². The van der Waals surface area contributed by atoms with E-state index in [1.54, 1.807) is 17.0 Å². The summed E-state index contributed by atoms with van der Waals surface area (Å²) >= 11 is 0. The number of aromatic nitrogens is 1. The van der Waals surface area contributed by atoms with Crippen LogP contribution in [-0.4, -0.2) is 53.1 Å². The van der Waals surface area contributed by atoms with Gasteiger partial charge in [0.2, 0.25) is 5.91 Å². The first kappa shape index (κ1) is 20.0. The van der Waals surface area contributed by atoms with Crippen LogP contribution in [0.5, 0.6) is 0 Å². The van der Waals surface area contributed by atoms with Crippen molar-refractivity contribution in [3.05, 3.63) is 23.9 Å². The highest BCUT2D eigenvalue weighted by molar-refractivity contribution is 5.92. The van der Waals surface area contributed by atoms with Gasteiger partial charge in [-0.15, -0.1) is 0 Å². The third-order valence-electron chi connectivity index (χ3n) is 4.48. The minimum atomic E-state index is -0.483. The minimum Gasteiger partial charge on any atom is -0.366 e. The van der Waals surface area contributed by atoms with E-state index in [1.807, 2.05) is 27.7 Å². The number of anilines is 1. The average molecular weight is 363 g/mol. The Morgan fingerprint density at radius 3 is 2.46 bits per heavy atom. The molecule has 1 saturated heterocycles. The Labute approximate surface area is 154 Å². The fourth-order valence-corrected chi connectivity index (χ4v) is 3.03. The van der Waals surface area contributed by atoms with E-state index in [9.17, 15) is 9.59 Å². The Hall–Kier alpha value is -2.35. The molecule has 26 heavy (non-hydrogen) atoms. The van der Waals surface area contributed by atoms with Gasteiger partial charge in [0.05, 0.1) is 11.7 Å². The molecule has 8 heteroatoms. The number of carbonyl (C=O) groups excluding carboxylic acids is 2. The van der Waals surface area contributed by atoms with Crippen LogP contribution >= 0.6 is 0 Å². The van der Waals surface area contributed by atoms with Crippen molar-refractivity contribution in [2.75, 3.05) is 24.5 Å². The van der Waals surface area contributed by atoms with Gasteiger partial charge < -0.3 is 15.5 Å². The fraction of sp³-hybridized carbons (Fsp3) is 0.611. The van der Waals surface area contributed by atoms with Gasteiger partial charge in [0.15, 0.2) is 0 Å². The molecule has 8 nitrogen and oxygen atoms in total. The Morgan fingerprint density at radius 1 is 1.35 bits per heavy atom. The molecule has 0 bridgehead atoms. The van der Waals surface area contributed by atoms with Crippen LogP contribution in [0.2, 0.25) is 0 Å². The molecule has 0 spiro atoms. The smallest absolute Gasteiger partial charge is 0.341 e. The number of nitrogens with two attached hydrogens (primary N) is 1. The molecule has 1 fully saturated rings. The van der Waals surface area contributed by atoms with E-state index in [0.717, 1.165) is 31.7 Å². The minimum absolute atomic E-state index is 0.0289. The number of carbonyl (C=O) groups is 2. The Kier molecular flexibility index (Phi) is 6.42. The van der Waals surface area contributed by atoms with Crippen LogP contribution in [0, 0.1) is 0 Å². The number of primary amides is 1. The van der Waals surface area contributed by atoms with Crippen molar-refractivity contribution in [3.63, 3.8) is 0 Å². The van der Waals surface area contributed by atoms with Crippen LogP contribution in [0.3, 0.4) is 0 Å². The molecule has 0 aliphatic carbocycles. The van der Waals surface area contributed by atoms with Crippen LogP contribution in [0.15, 0.2) is 18.3 Å². The zero-order chi connectivity index (χ0) is 19.3. The van der Waals surface area contributed by atoms with Crippen molar-refractivity contribution >= 4 is 17.8 Å². The first-order chi connectivity index (χ1) is 12.2. The van der Waals surface area contributed by atoms with Crippen LogP contribution in [0.4, 0.5) is 10.6 Å². The largest absolute Gasteiger partial charge is 0.366 e. The molecule has 0 radical (unpaired) electrons. The maximum Gasteiger partial charge on any atom is 0.341 e. The normalized spacial score (nSPS) is 15.6. The summed E-state index contributed by atoms with van der Waals surface area (Å²) in [6.45, 7) is 10.1. The monoisotopic (exact) mass is 363 g/mol. The highest BCUT2D eigenvalue weighted by atomic mass is 16.7. The van der Waals surface area contributed by atoms with E-state index >= 15 is 0 Å². The molecule has 0 unspecified atom stereocenters. The number of piperidine rings is 1. The average Bonchev–Trinajstić information content (AvgIpc) is 2.60. The Balaban J connectivity index is 1.81. The van der Waals surface area contributed by atoms with E-state index < -0.39 is 5.91 Å². The number of hydrogen-bond donors (Lipinski definition) is 2. The van der Waals surface area contributed by atoms with Crippen molar-refractivity contribution in [1.82, 2.24) is 15.4 Å². The Bertz CT molecular complexity index is 619. The number of pyridine rings is 1. The number of rotatable bonds is 5. The van der Waals surface area contributed by atoms with E-state index in [2.05, 4.69) is 15.4 Å². The van der Waals surface area contributed by atoms with E-state index in [0.29, 0.717) is 12.1 Å². The number of amides is 3. The topological polar surface area (TPSA) is 101 Å². The summed E-state index contributed by atoms with van der Waals surface area (Å²) in [5, 5.41) is 0. The SMILES string of the molecule is CCN(C(=O)NOC1CCN(c2ccc(C(N)=O)cn2)CC1)C(C)(C)C. The summed E-state index contributed by atoms with van der Waals surface area (Å²) in [5.41, 5.74) is 7.96. The molecule has 2 rings (SSSR count). The lowest BCUT2D eigenvalue weighted by Crippen LogP contribution is -2.51. The quantitative estimate of drug-likeness (QED) is 0.778. The van der Waals surface area contributed by atoms with Gasteiger partial charge in [-0.1, -0.05) is 0 Å². The summed E-state index contributed by atoms with van der Waals surface area (Å²) in [6, 6.07) is 3.26. The third kappa shape index (κ3) is 5.08. The molecule has 3 amide bonds. The number of nitrogens with one attached hydrogen (secondary N) is 1. The highest BCUT2D eigenvalue weighted by Crippen LogP contribution is 2.20. The molecular formula is C18H29N5O3. The lowest BCUT2D eigenvalue weighted by atomic mass is 10.1. The van der Waals surface area contributed by atoms with E-state index in [-0.39, 0.29) is 17.7 Å². The standard InChI is InChI=1S/C18H29N5O3/c1-5-23(18(2,3)4)17(25)21-26-14-8-10-22(11-9-14)15-7-6-13(12-20-15)16(19)24/h6-7,12,14H,5,8-11H2,1-4H3,(H2,19,24)(H,21,25). The lowest BCUT2D eigenvalue weighted by Gasteiger charge is -2.36. The van der Waals surface area contributed by atoms with Crippen LogP contribution in [-0.2, 0) is 4.84 Å². The second-order valence-electron chi connectivity index (χ2n) is 7.40. The molecule has 1 aliphatic heterocycles. The van der Waals surface area contributed by atoms with Crippen LogP contribution in [0.25, 0.3) is 0 Å². The van der Waals surface area contributed by atoms with E-state index in [1.165, 1.54) is 6.20 Å². The second-order valence-corrected chi connectivity index (χ2v) is 7.40. The maximum absolute atomic E-state index is 12.3. The van der Waals surface area contributed by atoms with Crippen LogP contribution < -0.4 is 16.1 Å². The van der Waals surface area contributed by atoms with Crippen molar-refractivity contribution in [2.45, 2.75) is 52.2 Å². The third-order valence-corrected chi connectivity index (χ3v) is 4.48. The molecule has 1 aromatic heterocycles. The number of urea groups is 1. The second kappa shape index (κ2) is 8.35. The molecule has 1 aromatic rings. The van der Waals surface area contributed by atoms with Crippen molar-refractivity contribution < 1.29 is 14.4 Å². The summed E-state index contributed by atoms with van der Waals surface area (Å²) in [7, 11) is 0. The van der Waals surface area contributed by atoms with Crippen LogP contribution in [0.1, 0.15) is 50.9 Å². The zero-order valence-corrected chi connectivity index (χ0v) is 16.0. The number of hydrogen-bond acceptors (Lipinski definition) is 5. The lowest BCUT2D eigenvalue weighted by molar-refractivity contribution is -0.0276. The highest BCUT2D eigenvalue weighted by Gasteiger charge is 2.27. The maximum atomic E-state index is 12.3. The summed E-state index contributed by atoms with van der Waals surface area (Å²) in [5.74, 6) is 0.325. The van der Waals surface area contributed by atoms with Gasteiger partial charge in [-0.05, 0) is 52.7 Å². The number of nitrogens with zero attached hydrogens (tertiary/aromatic N) is 3. The van der Waals surface area contributed by atoms with Gasteiger partial charge in [0.1, 0.15) is 5.82 Å². The van der Waals surface area contributed by atoms with Crippen molar-refractivity contribution in [2.24, 2.45) is 5.73 Å². The molecule has 0 aromatic carbocycles. The first-order valence-corrected chi connectivity index (χ1v) is 8.96. The first-order valence-electron chi connectivity index (χ1n) is 8.96.